The maximum Gasteiger partial charge on any atom is 0.459 e. The number of aliphatic hydroxyl groups is 2. The van der Waals surface area contributed by atoms with Crippen molar-refractivity contribution in [2.75, 3.05) is 38.0 Å². The summed E-state index contributed by atoms with van der Waals surface area (Å²) >= 11 is 0. The Kier molecular flexibility index (Phi) is 14.9. The number of anilines is 1. The fraction of sp³-hybridized carbons (Fsp3) is 0.432. The number of unbranched alkanes of at least 4 members (excludes halogenated alkanes) is 2. The third-order valence-corrected chi connectivity index (χ3v) is 13.5. The Bertz CT molecular complexity index is 2640. The summed E-state index contributed by atoms with van der Waals surface area (Å²) in [7, 11) is -7.86. The Balaban J connectivity index is 1.11. The van der Waals surface area contributed by atoms with Gasteiger partial charge in [0.25, 0.3) is 11.5 Å². The molecule has 0 saturated heterocycles. The number of terminal acetylenes is 1. The van der Waals surface area contributed by atoms with Gasteiger partial charge in [0.2, 0.25) is 0 Å². The van der Waals surface area contributed by atoms with Crippen molar-refractivity contribution in [3.05, 3.63) is 86.7 Å². The van der Waals surface area contributed by atoms with E-state index in [2.05, 4.69) is 21.2 Å². The number of nitrogens with zero attached hydrogens (tertiary/aromatic N) is 2. The number of aryl methyl sites for hydroxylation is 1. The van der Waals surface area contributed by atoms with Crippen molar-refractivity contribution in [2.24, 2.45) is 0 Å². The molecule has 2 aliphatic heterocycles. The molecular formula is C44H53N5O13P2. The number of amides is 1. The number of carbonyl (C=O) groups excluding carboxylic acids is 3. The molecule has 64 heavy (non-hydrogen) atoms. The van der Waals surface area contributed by atoms with Gasteiger partial charge in [-0.2, -0.15) is 0 Å². The molecule has 2 aliphatic rings. The molecule has 1 amide bonds. The van der Waals surface area contributed by atoms with Crippen LogP contribution >= 0.6 is 15.3 Å². The van der Waals surface area contributed by atoms with Crippen molar-refractivity contribution in [3.8, 4) is 29.2 Å². The zero-order chi connectivity index (χ0) is 46.5. The van der Waals surface area contributed by atoms with E-state index in [1.165, 1.54) is 24.3 Å². The molecule has 0 aliphatic carbocycles. The average Bonchev–Trinajstić information content (AvgIpc) is 3.63. The number of fused-ring (bicyclic) bond motifs is 5. The van der Waals surface area contributed by atoms with Gasteiger partial charge in [-0.05, 0) is 107 Å². The smallest absolute Gasteiger partial charge is 0.459 e. The standard InChI is InChI=1S/C44H53N5O13P2/c1-7-31-32-23-30(17-18-36(32)47-39-33(31)26-49-37(39)24-35-34(41(49)53)27-58-42(54)44(35,55)8-2)62-64(57,46-25-38(51)61-43(4,5)6)60-21-12-10-11-19-45-40(52)28-13-15-29(16-14-28)48-63(56,9-3)59-22-20-50/h3,13-18,23-24,50,55H,7-8,10-12,19-22,25-27H2,1-2,4-6H3,(H,45,52)(H,46,57)(H,48,56)/t44-,63?,64?/m0/s1. The number of aromatic nitrogens is 2. The molecule has 4 heterocycles. The van der Waals surface area contributed by atoms with E-state index in [0.29, 0.717) is 65.8 Å². The van der Waals surface area contributed by atoms with Crippen molar-refractivity contribution in [3.63, 3.8) is 0 Å². The fourth-order valence-corrected chi connectivity index (χ4v) is 9.74. The first-order chi connectivity index (χ1) is 30.4. The van der Waals surface area contributed by atoms with Crippen LogP contribution in [-0.2, 0) is 62.4 Å². The van der Waals surface area contributed by atoms with Gasteiger partial charge in [-0.1, -0.05) is 13.8 Å². The lowest BCUT2D eigenvalue weighted by molar-refractivity contribution is -0.172. The molecule has 6 rings (SSSR count). The maximum atomic E-state index is 14.3. The number of hydrogen-bond acceptors (Lipinski definition) is 14. The highest BCUT2D eigenvalue weighted by molar-refractivity contribution is 7.65. The molecule has 5 N–H and O–H groups in total. The monoisotopic (exact) mass is 921 g/mol. The molecule has 20 heteroatoms. The first-order valence-corrected chi connectivity index (χ1v) is 24.1. The number of rotatable bonds is 20. The number of esters is 2. The predicted octanol–water partition coefficient (Wildman–Crippen LogP) is 5.88. The van der Waals surface area contributed by atoms with Gasteiger partial charge in [-0.15, -0.1) is 6.42 Å². The lowest BCUT2D eigenvalue weighted by Gasteiger charge is -2.31. The van der Waals surface area contributed by atoms with Gasteiger partial charge in [-0.3, -0.25) is 23.5 Å². The summed E-state index contributed by atoms with van der Waals surface area (Å²) < 4.78 is 55.9. The lowest BCUT2D eigenvalue weighted by Crippen LogP contribution is -2.44. The Morgan fingerprint density at radius 1 is 1.02 bits per heavy atom. The van der Waals surface area contributed by atoms with Gasteiger partial charge in [0.15, 0.2) is 5.60 Å². The summed E-state index contributed by atoms with van der Waals surface area (Å²) in [5.74, 6) is -1.64. The first-order valence-electron chi connectivity index (χ1n) is 20.9. The molecule has 0 spiro atoms. The van der Waals surface area contributed by atoms with Crippen LogP contribution in [0.25, 0.3) is 22.3 Å². The van der Waals surface area contributed by atoms with Crippen LogP contribution in [0.3, 0.4) is 0 Å². The van der Waals surface area contributed by atoms with Crippen LogP contribution in [0, 0.1) is 12.1 Å². The first kappa shape index (κ1) is 48.1. The molecule has 0 bridgehead atoms. The van der Waals surface area contributed by atoms with Gasteiger partial charge in [-0.25, -0.2) is 19.4 Å². The van der Waals surface area contributed by atoms with Gasteiger partial charge >= 0.3 is 27.2 Å². The minimum absolute atomic E-state index is 0.0197. The SMILES string of the molecule is C#CP(=O)(Nc1ccc(C(=O)NCCCCCOP(=O)(NCC(=O)OC(C)(C)C)Oc2ccc3nc4c(c(CC)c3c2)Cn2c-4cc3c(c2=O)COC(=O)[C@]3(O)CC)cc1)OCCO. The maximum absolute atomic E-state index is 14.3. The highest BCUT2D eigenvalue weighted by atomic mass is 31.2. The molecule has 2 aromatic carbocycles. The van der Waals surface area contributed by atoms with Crippen LogP contribution in [0.1, 0.15) is 92.9 Å². The zero-order valence-electron chi connectivity index (χ0n) is 36.4. The average molecular weight is 922 g/mol. The highest BCUT2D eigenvalue weighted by Crippen LogP contribution is 2.47. The number of aliphatic hydroxyl groups excluding tert-OH is 1. The molecular weight excluding hydrogens is 868 g/mol. The molecule has 4 aromatic rings. The Hall–Kier alpha value is -5.37. The fourth-order valence-electron chi connectivity index (χ4n) is 7.41. The van der Waals surface area contributed by atoms with E-state index in [0.717, 1.165) is 11.1 Å². The van der Waals surface area contributed by atoms with E-state index in [4.69, 9.17) is 39.6 Å². The van der Waals surface area contributed by atoms with Gasteiger partial charge < -0.3 is 43.7 Å². The Labute approximate surface area is 370 Å². The predicted molar refractivity (Wildman–Crippen MR) is 238 cm³/mol. The second-order valence-electron chi connectivity index (χ2n) is 16.1. The third kappa shape index (κ3) is 10.8. The van der Waals surface area contributed by atoms with Crippen LogP contribution < -0.4 is 25.6 Å². The topological polar surface area (TPSA) is 243 Å². The minimum Gasteiger partial charge on any atom is -0.459 e. The second-order valence-corrected chi connectivity index (χ2v) is 19.7. The van der Waals surface area contributed by atoms with E-state index >= 15 is 0 Å². The largest absolute Gasteiger partial charge is 0.459 e. The van der Waals surface area contributed by atoms with E-state index in [9.17, 15) is 33.4 Å². The molecule has 0 fully saturated rings. The summed E-state index contributed by atoms with van der Waals surface area (Å²) in [5.41, 5.74) is 3.34. The second kappa shape index (κ2) is 19.8. The van der Waals surface area contributed by atoms with Crippen LogP contribution in [-0.4, -0.2) is 76.1 Å². The Morgan fingerprint density at radius 3 is 2.44 bits per heavy atom. The number of carbonyl (C=O) groups is 3. The van der Waals surface area contributed by atoms with Crippen molar-refractivity contribution < 1.29 is 56.8 Å². The number of nitrogens with one attached hydrogen (secondary N) is 3. The molecule has 3 atom stereocenters. The van der Waals surface area contributed by atoms with Crippen molar-refractivity contribution >= 4 is 49.7 Å². The van der Waals surface area contributed by atoms with Gasteiger partial charge in [0, 0.05) is 40.0 Å². The highest BCUT2D eigenvalue weighted by Gasteiger charge is 2.45. The number of cyclic esters (lactones) is 1. The Morgan fingerprint density at radius 2 is 1.77 bits per heavy atom. The van der Waals surface area contributed by atoms with Crippen LogP contribution in [0.4, 0.5) is 5.69 Å². The third-order valence-electron chi connectivity index (χ3n) is 10.5. The molecule has 18 nitrogen and oxygen atoms in total. The minimum atomic E-state index is -4.20. The van der Waals surface area contributed by atoms with Crippen LogP contribution in [0.2, 0.25) is 0 Å². The number of ether oxygens (including phenoxy) is 2. The molecule has 2 unspecified atom stereocenters. The lowest BCUT2D eigenvalue weighted by atomic mass is 9.86. The van der Waals surface area contributed by atoms with Crippen molar-refractivity contribution in [2.45, 2.75) is 91.1 Å². The summed E-state index contributed by atoms with van der Waals surface area (Å²) in [6, 6.07) is 12.7. The number of hydrogen-bond donors (Lipinski definition) is 5. The quantitative estimate of drug-likeness (QED) is 0.0265. The van der Waals surface area contributed by atoms with Crippen LogP contribution in [0.15, 0.2) is 53.3 Å². The van der Waals surface area contributed by atoms with Crippen molar-refractivity contribution in [1.82, 2.24) is 20.0 Å². The molecule has 342 valence electrons. The van der Waals surface area contributed by atoms with E-state index in [1.54, 1.807) is 56.5 Å². The van der Waals surface area contributed by atoms with Gasteiger partial charge in [0.1, 0.15) is 24.5 Å². The number of benzene rings is 2. The summed E-state index contributed by atoms with van der Waals surface area (Å²) in [6.07, 6.45) is 7.44. The molecule has 2 aromatic heterocycles. The normalized spacial score (nSPS) is 17.2. The summed E-state index contributed by atoms with van der Waals surface area (Å²) in [6.45, 7) is 7.98. The zero-order valence-corrected chi connectivity index (χ0v) is 38.1. The van der Waals surface area contributed by atoms with E-state index in [1.807, 2.05) is 6.92 Å². The molecule has 0 saturated carbocycles. The van der Waals surface area contributed by atoms with E-state index in [-0.39, 0.29) is 67.7 Å². The number of pyridine rings is 2. The molecule has 0 radical (unpaired) electrons. The summed E-state index contributed by atoms with van der Waals surface area (Å²) in [4.78, 5) is 56.7. The van der Waals surface area contributed by atoms with Crippen LogP contribution in [0.5, 0.6) is 5.75 Å². The summed E-state index contributed by atoms with van der Waals surface area (Å²) in [5, 5.41) is 29.0. The van der Waals surface area contributed by atoms with E-state index < -0.39 is 45.0 Å². The van der Waals surface area contributed by atoms with Gasteiger partial charge in [0.05, 0.1) is 48.8 Å². The van der Waals surface area contributed by atoms with Crippen molar-refractivity contribution in [1.29, 1.82) is 0 Å².